The number of anilines is 1. The molecule has 3 rings (SSSR count). The zero-order chi connectivity index (χ0) is 22.1. The summed E-state index contributed by atoms with van der Waals surface area (Å²) in [6.45, 7) is 6.92. The Morgan fingerprint density at radius 2 is 1.77 bits per heavy atom. The Morgan fingerprint density at radius 3 is 2.37 bits per heavy atom. The van der Waals surface area contributed by atoms with Crippen LogP contribution in [-0.2, 0) is 14.6 Å². The van der Waals surface area contributed by atoms with Gasteiger partial charge in [-0.3, -0.25) is 4.79 Å². The molecule has 1 atom stereocenters. The first-order valence-electron chi connectivity index (χ1n) is 9.35. The van der Waals surface area contributed by atoms with Crippen LogP contribution in [0.2, 0.25) is 0 Å². The van der Waals surface area contributed by atoms with Gasteiger partial charge in [-0.05, 0) is 49.7 Å². The van der Waals surface area contributed by atoms with Crippen LogP contribution < -0.4 is 5.32 Å². The summed E-state index contributed by atoms with van der Waals surface area (Å²) in [6.07, 6.45) is 0. The largest absolute Gasteiger partial charge is 0.334 e. The molecule has 2 aromatic carbocycles. The first-order valence-corrected chi connectivity index (χ1v) is 10.9. The number of aromatic nitrogens is 2. The summed E-state index contributed by atoms with van der Waals surface area (Å²) in [6, 6.07) is 9.62. The topological polar surface area (TPSA) is 102 Å². The highest BCUT2D eigenvalue weighted by atomic mass is 32.2. The van der Waals surface area contributed by atoms with E-state index < -0.39 is 26.8 Å². The summed E-state index contributed by atoms with van der Waals surface area (Å²) < 4.78 is 44.0. The van der Waals surface area contributed by atoms with Gasteiger partial charge in [-0.15, -0.1) is 0 Å². The Bertz CT molecular complexity index is 1170. The van der Waals surface area contributed by atoms with E-state index in [0.29, 0.717) is 22.6 Å². The highest BCUT2D eigenvalue weighted by Gasteiger charge is 2.31. The fourth-order valence-electron chi connectivity index (χ4n) is 2.78. The van der Waals surface area contributed by atoms with Gasteiger partial charge in [0.2, 0.25) is 5.91 Å². The van der Waals surface area contributed by atoms with Crippen molar-refractivity contribution in [3.63, 3.8) is 0 Å². The van der Waals surface area contributed by atoms with E-state index in [-0.39, 0.29) is 16.7 Å². The van der Waals surface area contributed by atoms with Gasteiger partial charge in [-0.2, -0.15) is 4.98 Å². The molecular formula is C21H22FN3O4S. The average Bonchev–Trinajstić information content (AvgIpc) is 3.19. The number of nitrogens with one attached hydrogen (secondary N) is 1. The van der Waals surface area contributed by atoms with E-state index in [0.717, 1.165) is 24.3 Å². The Balaban J connectivity index is 1.92. The highest BCUT2D eigenvalue weighted by Crippen LogP contribution is 2.31. The lowest BCUT2D eigenvalue weighted by Gasteiger charge is -2.16. The van der Waals surface area contributed by atoms with Crippen LogP contribution in [0, 0.1) is 12.7 Å². The second kappa shape index (κ2) is 8.35. The standard InChI is InChI=1S/C21H22FN3O4S/c1-12(2)19-24-21(29-25-19)17-7-5-6-13(3)18(17)23-20(26)14(4)30(27,28)16-10-8-15(22)9-11-16/h5-12,14H,1-4H3,(H,23,26). The maximum atomic E-state index is 13.1. The zero-order valence-electron chi connectivity index (χ0n) is 17.0. The number of hydrogen-bond donors (Lipinski definition) is 1. The summed E-state index contributed by atoms with van der Waals surface area (Å²) in [7, 11) is -4.00. The van der Waals surface area contributed by atoms with Crippen LogP contribution in [0.25, 0.3) is 11.5 Å². The summed E-state index contributed by atoms with van der Waals surface area (Å²) >= 11 is 0. The molecule has 0 saturated carbocycles. The molecule has 1 N–H and O–H groups in total. The third-order valence-electron chi connectivity index (χ3n) is 4.69. The molecule has 0 spiro atoms. The molecule has 0 aliphatic heterocycles. The minimum absolute atomic E-state index is 0.0613. The molecule has 0 aliphatic rings. The van der Waals surface area contributed by atoms with E-state index in [1.807, 2.05) is 13.8 Å². The van der Waals surface area contributed by atoms with Gasteiger partial charge >= 0.3 is 0 Å². The fraction of sp³-hybridized carbons (Fsp3) is 0.286. The van der Waals surface area contributed by atoms with E-state index in [9.17, 15) is 17.6 Å². The summed E-state index contributed by atoms with van der Waals surface area (Å²) in [4.78, 5) is 17.0. The van der Waals surface area contributed by atoms with E-state index in [4.69, 9.17) is 4.52 Å². The van der Waals surface area contributed by atoms with Crippen LogP contribution in [0.3, 0.4) is 0 Å². The van der Waals surface area contributed by atoms with Gasteiger partial charge in [0.25, 0.3) is 5.89 Å². The third-order valence-corrected chi connectivity index (χ3v) is 6.76. The molecule has 1 amide bonds. The first kappa shape index (κ1) is 21.6. The normalized spacial score (nSPS) is 12.7. The fourth-order valence-corrected chi connectivity index (χ4v) is 4.05. The Labute approximate surface area is 174 Å². The average molecular weight is 431 g/mol. The molecule has 0 radical (unpaired) electrons. The van der Waals surface area contributed by atoms with E-state index >= 15 is 0 Å². The number of para-hydroxylation sites is 1. The van der Waals surface area contributed by atoms with E-state index in [1.54, 1.807) is 25.1 Å². The zero-order valence-corrected chi connectivity index (χ0v) is 17.8. The molecule has 1 unspecified atom stereocenters. The highest BCUT2D eigenvalue weighted by molar-refractivity contribution is 7.92. The Kier molecular flexibility index (Phi) is 6.02. The van der Waals surface area contributed by atoms with Crippen LogP contribution in [-0.4, -0.2) is 29.7 Å². The van der Waals surface area contributed by atoms with Gasteiger partial charge in [0.05, 0.1) is 16.1 Å². The minimum atomic E-state index is -4.00. The van der Waals surface area contributed by atoms with Crippen LogP contribution >= 0.6 is 0 Å². The number of hydrogen-bond acceptors (Lipinski definition) is 6. The molecule has 30 heavy (non-hydrogen) atoms. The molecule has 3 aromatic rings. The van der Waals surface area contributed by atoms with Gasteiger partial charge in [0.15, 0.2) is 15.7 Å². The molecule has 0 bridgehead atoms. The van der Waals surface area contributed by atoms with Crippen LogP contribution in [0.4, 0.5) is 10.1 Å². The lowest BCUT2D eigenvalue weighted by Crippen LogP contribution is -2.33. The number of aryl methyl sites for hydroxylation is 1. The predicted molar refractivity (Wildman–Crippen MR) is 110 cm³/mol. The molecule has 0 saturated heterocycles. The number of halogens is 1. The molecule has 9 heteroatoms. The number of amides is 1. The molecule has 1 heterocycles. The van der Waals surface area contributed by atoms with Gasteiger partial charge in [-0.1, -0.05) is 31.1 Å². The van der Waals surface area contributed by atoms with Crippen molar-refractivity contribution in [2.24, 2.45) is 0 Å². The minimum Gasteiger partial charge on any atom is -0.334 e. The number of nitrogens with zero attached hydrogens (tertiary/aromatic N) is 2. The maximum absolute atomic E-state index is 13.1. The molecule has 0 fully saturated rings. The van der Waals surface area contributed by atoms with Gasteiger partial charge in [-0.25, -0.2) is 12.8 Å². The number of benzene rings is 2. The summed E-state index contributed by atoms with van der Waals surface area (Å²) in [5, 5.41) is 5.22. The monoisotopic (exact) mass is 431 g/mol. The van der Waals surface area contributed by atoms with Gasteiger partial charge < -0.3 is 9.84 Å². The quantitative estimate of drug-likeness (QED) is 0.590. The molecule has 7 nitrogen and oxygen atoms in total. The van der Waals surface area contributed by atoms with Crippen molar-refractivity contribution in [1.82, 2.24) is 10.1 Å². The van der Waals surface area contributed by atoms with Crippen molar-refractivity contribution in [1.29, 1.82) is 0 Å². The van der Waals surface area contributed by atoms with Crippen molar-refractivity contribution in [2.75, 3.05) is 5.32 Å². The number of sulfone groups is 1. The number of carbonyl (C=O) groups excluding carboxylic acids is 1. The van der Waals surface area contributed by atoms with Gasteiger partial charge in [0.1, 0.15) is 11.1 Å². The van der Waals surface area contributed by atoms with Crippen LogP contribution in [0.1, 0.15) is 38.1 Å². The predicted octanol–water partition coefficient (Wildman–Crippen LogP) is 4.11. The smallest absolute Gasteiger partial charge is 0.260 e. The van der Waals surface area contributed by atoms with Gasteiger partial charge in [0, 0.05) is 5.92 Å². The summed E-state index contributed by atoms with van der Waals surface area (Å²) in [5.74, 6) is -0.469. The lowest BCUT2D eigenvalue weighted by atomic mass is 10.1. The van der Waals surface area contributed by atoms with E-state index in [2.05, 4.69) is 15.5 Å². The molecular weight excluding hydrogens is 409 g/mol. The van der Waals surface area contributed by atoms with Crippen molar-refractivity contribution in [3.05, 3.63) is 59.7 Å². The van der Waals surface area contributed by atoms with Crippen molar-refractivity contribution in [3.8, 4) is 11.5 Å². The first-order chi connectivity index (χ1) is 14.1. The van der Waals surface area contributed by atoms with Crippen molar-refractivity contribution in [2.45, 2.75) is 43.8 Å². The van der Waals surface area contributed by atoms with Crippen LogP contribution in [0.5, 0.6) is 0 Å². The number of rotatable bonds is 6. The van der Waals surface area contributed by atoms with Crippen LogP contribution in [0.15, 0.2) is 51.9 Å². The van der Waals surface area contributed by atoms with E-state index in [1.165, 1.54) is 6.92 Å². The maximum Gasteiger partial charge on any atom is 0.260 e. The van der Waals surface area contributed by atoms with Crippen molar-refractivity contribution >= 4 is 21.4 Å². The lowest BCUT2D eigenvalue weighted by molar-refractivity contribution is -0.115. The molecule has 158 valence electrons. The number of carbonyl (C=O) groups is 1. The summed E-state index contributed by atoms with van der Waals surface area (Å²) in [5.41, 5.74) is 1.59. The third kappa shape index (κ3) is 4.25. The molecule has 0 aliphatic carbocycles. The Morgan fingerprint density at radius 1 is 1.10 bits per heavy atom. The molecule has 1 aromatic heterocycles. The Hall–Kier alpha value is -3.07. The second-order valence-electron chi connectivity index (χ2n) is 7.24. The SMILES string of the molecule is Cc1cccc(-c2nc(C(C)C)no2)c1NC(=O)C(C)S(=O)(=O)c1ccc(F)cc1. The van der Waals surface area contributed by atoms with Crippen molar-refractivity contribution < 1.29 is 22.1 Å². The second-order valence-corrected chi connectivity index (χ2v) is 9.51.